The van der Waals surface area contributed by atoms with E-state index in [1.807, 2.05) is 37.3 Å². The third-order valence-electron chi connectivity index (χ3n) is 2.25. The minimum absolute atomic E-state index is 0.0820. The Morgan fingerprint density at radius 1 is 1.44 bits per heavy atom. The van der Waals surface area contributed by atoms with Crippen LogP contribution in [0, 0.1) is 0 Å². The fraction of sp³-hybridized carbons (Fsp3) is 0.308. The number of rotatable bonds is 5. The first-order chi connectivity index (χ1) is 7.63. The maximum atomic E-state index is 11.6. The minimum Gasteiger partial charge on any atom is -0.393 e. The van der Waals surface area contributed by atoms with Crippen molar-refractivity contribution in [1.82, 2.24) is 0 Å². The number of allylic oxidation sites excluding steroid dienone is 1. The monoisotopic (exact) mass is 238 g/mol. The van der Waals surface area contributed by atoms with E-state index in [1.165, 1.54) is 0 Å². The van der Waals surface area contributed by atoms with Crippen LogP contribution in [0.5, 0.6) is 0 Å². The van der Waals surface area contributed by atoms with Crippen LogP contribution in [-0.4, -0.2) is 17.0 Å². The Balaban J connectivity index is 2.67. The van der Waals surface area contributed by atoms with Gasteiger partial charge in [0.2, 0.25) is 0 Å². The van der Waals surface area contributed by atoms with E-state index in [4.69, 9.17) is 11.6 Å². The Kier molecular flexibility index (Phi) is 5.23. The zero-order valence-electron chi connectivity index (χ0n) is 9.19. The first-order valence-corrected chi connectivity index (χ1v) is 5.64. The molecule has 1 aromatic carbocycles. The topological polar surface area (TPSA) is 37.3 Å². The predicted molar refractivity (Wildman–Crippen MR) is 66.2 cm³/mol. The van der Waals surface area contributed by atoms with Crippen LogP contribution in [-0.2, 0) is 4.79 Å². The van der Waals surface area contributed by atoms with E-state index in [0.717, 1.165) is 5.56 Å². The molecule has 0 radical (unpaired) electrons. The zero-order chi connectivity index (χ0) is 12.0. The largest absolute Gasteiger partial charge is 0.393 e. The van der Waals surface area contributed by atoms with Gasteiger partial charge in [-0.3, -0.25) is 4.79 Å². The van der Waals surface area contributed by atoms with Gasteiger partial charge in [0.05, 0.1) is 11.1 Å². The van der Waals surface area contributed by atoms with Crippen LogP contribution < -0.4 is 0 Å². The van der Waals surface area contributed by atoms with Gasteiger partial charge in [-0.05, 0) is 18.1 Å². The standard InChI is InChI=1S/C13H15ClO2/c1-2-11(15)9-13(16)12(14)8-10-6-4-3-5-7-10/h3-8,11,15H,2,9H2,1H3/b12-8+/t11-/m1/s1. The maximum absolute atomic E-state index is 11.6. The van der Waals surface area contributed by atoms with Crippen LogP contribution >= 0.6 is 11.6 Å². The summed E-state index contributed by atoms with van der Waals surface area (Å²) < 4.78 is 0. The normalized spacial score (nSPS) is 13.6. The van der Waals surface area contributed by atoms with Gasteiger partial charge in [-0.2, -0.15) is 0 Å². The molecule has 0 aliphatic rings. The number of aliphatic hydroxyl groups excluding tert-OH is 1. The van der Waals surface area contributed by atoms with Crippen molar-refractivity contribution in [1.29, 1.82) is 0 Å². The highest BCUT2D eigenvalue weighted by Gasteiger charge is 2.11. The van der Waals surface area contributed by atoms with Crippen molar-refractivity contribution in [3.05, 3.63) is 40.9 Å². The number of benzene rings is 1. The van der Waals surface area contributed by atoms with Crippen molar-refractivity contribution >= 4 is 23.5 Å². The molecule has 0 saturated carbocycles. The quantitative estimate of drug-likeness (QED) is 0.801. The molecule has 0 saturated heterocycles. The molecule has 1 N–H and O–H groups in total. The summed E-state index contributed by atoms with van der Waals surface area (Å²) in [5.74, 6) is -0.222. The first-order valence-electron chi connectivity index (χ1n) is 5.27. The summed E-state index contributed by atoms with van der Waals surface area (Å²) in [7, 11) is 0. The second kappa shape index (κ2) is 6.46. The number of hydrogen-bond acceptors (Lipinski definition) is 2. The summed E-state index contributed by atoms with van der Waals surface area (Å²) >= 11 is 5.87. The second-order valence-corrected chi connectivity index (χ2v) is 4.00. The average molecular weight is 239 g/mol. The summed E-state index contributed by atoms with van der Waals surface area (Å²) in [6.45, 7) is 1.83. The summed E-state index contributed by atoms with van der Waals surface area (Å²) in [5, 5.41) is 9.50. The second-order valence-electron chi connectivity index (χ2n) is 3.59. The van der Waals surface area contributed by atoms with Gasteiger partial charge >= 0.3 is 0 Å². The van der Waals surface area contributed by atoms with Gasteiger partial charge in [0.1, 0.15) is 0 Å². The van der Waals surface area contributed by atoms with E-state index >= 15 is 0 Å². The molecular formula is C13H15ClO2. The van der Waals surface area contributed by atoms with Crippen LogP contribution in [0.15, 0.2) is 35.4 Å². The van der Waals surface area contributed by atoms with E-state index in [2.05, 4.69) is 0 Å². The Morgan fingerprint density at radius 3 is 2.62 bits per heavy atom. The molecule has 0 fully saturated rings. The molecule has 3 heteroatoms. The summed E-state index contributed by atoms with van der Waals surface area (Å²) in [6, 6.07) is 9.38. The highest BCUT2D eigenvalue weighted by atomic mass is 35.5. The predicted octanol–water partition coefficient (Wildman–Crippen LogP) is 3.00. The average Bonchev–Trinajstić information content (AvgIpc) is 2.30. The molecule has 0 amide bonds. The van der Waals surface area contributed by atoms with Crippen molar-refractivity contribution in [3.63, 3.8) is 0 Å². The van der Waals surface area contributed by atoms with Gasteiger partial charge in [-0.1, -0.05) is 48.9 Å². The number of ketones is 1. The molecule has 1 atom stereocenters. The van der Waals surface area contributed by atoms with Gasteiger partial charge in [0.15, 0.2) is 5.78 Å². The van der Waals surface area contributed by atoms with Crippen LogP contribution in [0.4, 0.5) is 0 Å². The van der Waals surface area contributed by atoms with E-state index in [0.29, 0.717) is 6.42 Å². The molecule has 0 spiro atoms. The number of carbonyl (C=O) groups excluding carboxylic acids is 1. The molecule has 16 heavy (non-hydrogen) atoms. The van der Waals surface area contributed by atoms with Crippen molar-refractivity contribution < 1.29 is 9.90 Å². The third kappa shape index (κ3) is 4.17. The molecule has 86 valence electrons. The number of Topliss-reactive ketones (excluding diaryl/α,β-unsaturated/α-hetero) is 1. The summed E-state index contributed by atoms with van der Waals surface area (Å²) in [4.78, 5) is 11.6. The fourth-order valence-corrected chi connectivity index (χ4v) is 1.44. The molecule has 0 aromatic heterocycles. The highest BCUT2D eigenvalue weighted by molar-refractivity contribution is 6.44. The molecule has 2 nitrogen and oxygen atoms in total. The van der Waals surface area contributed by atoms with Gasteiger partial charge in [-0.25, -0.2) is 0 Å². The van der Waals surface area contributed by atoms with Gasteiger partial charge in [-0.15, -0.1) is 0 Å². The van der Waals surface area contributed by atoms with Gasteiger partial charge in [0, 0.05) is 6.42 Å². The lowest BCUT2D eigenvalue weighted by molar-refractivity contribution is -0.116. The molecular weight excluding hydrogens is 224 g/mol. The maximum Gasteiger partial charge on any atom is 0.176 e. The molecule has 0 unspecified atom stereocenters. The van der Waals surface area contributed by atoms with E-state index in [1.54, 1.807) is 6.08 Å². The van der Waals surface area contributed by atoms with Crippen molar-refractivity contribution in [2.75, 3.05) is 0 Å². The van der Waals surface area contributed by atoms with Crippen LogP contribution in [0.1, 0.15) is 25.3 Å². The van der Waals surface area contributed by atoms with Crippen LogP contribution in [0.2, 0.25) is 0 Å². The Labute approximate surface area is 101 Å². The molecule has 0 bridgehead atoms. The molecule has 0 aliphatic carbocycles. The number of halogens is 1. The summed E-state index contributed by atoms with van der Waals surface area (Å²) in [5.41, 5.74) is 0.881. The molecule has 0 aliphatic heterocycles. The van der Waals surface area contributed by atoms with Crippen molar-refractivity contribution in [2.45, 2.75) is 25.9 Å². The number of carbonyl (C=O) groups is 1. The van der Waals surface area contributed by atoms with Crippen molar-refractivity contribution in [2.24, 2.45) is 0 Å². The number of hydrogen-bond donors (Lipinski definition) is 1. The van der Waals surface area contributed by atoms with E-state index in [9.17, 15) is 9.90 Å². The van der Waals surface area contributed by atoms with Crippen LogP contribution in [0.25, 0.3) is 6.08 Å². The lowest BCUT2D eigenvalue weighted by atomic mass is 10.1. The minimum atomic E-state index is -0.606. The highest BCUT2D eigenvalue weighted by Crippen LogP contribution is 2.14. The lowest BCUT2D eigenvalue weighted by Gasteiger charge is -2.05. The molecule has 1 rings (SSSR count). The Hall–Kier alpha value is -1.12. The SMILES string of the molecule is CC[C@@H](O)CC(=O)/C(Cl)=C\c1ccccc1. The van der Waals surface area contributed by atoms with E-state index < -0.39 is 6.10 Å². The van der Waals surface area contributed by atoms with Crippen LogP contribution in [0.3, 0.4) is 0 Å². The first kappa shape index (κ1) is 12.9. The Bertz CT molecular complexity index is 371. The summed E-state index contributed by atoms with van der Waals surface area (Å²) in [6.07, 6.45) is 1.65. The fourth-order valence-electron chi connectivity index (χ4n) is 1.23. The molecule has 1 aromatic rings. The zero-order valence-corrected chi connectivity index (χ0v) is 9.95. The third-order valence-corrected chi connectivity index (χ3v) is 2.57. The smallest absolute Gasteiger partial charge is 0.176 e. The van der Waals surface area contributed by atoms with E-state index in [-0.39, 0.29) is 17.2 Å². The van der Waals surface area contributed by atoms with Gasteiger partial charge in [0.25, 0.3) is 0 Å². The Morgan fingerprint density at radius 2 is 2.06 bits per heavy atom. The van der Waals surface area contributed by atoms with Crippen molar-refractivity contribution in [3.8, 4) is 0 Å². The van der Waals surface area contributed by atoms with Gasteiger partial charge < -0.3 is 5.11 Å². The lowest BCUT2D eigenvalue weighted by Crippen LogP contribution is -2.12. The number of aliphatic hydroxyl groups is 1. The molecule has 0 heterocycles.